The Bertz CT molecular complexity index is 235. The predicted molar refractivity (Wildman–Crippen MR) is 75.9 cm³/mol. The minimum Gasteiger partial charge on any atom is -0.377 e. The first kappa shape index (κ1) is 14.3. The Kier molecular flexibility index (Phi) is 5.93. The fraction of sp³-hybridized carbons (Fsp3) is 1.00. The molecule has 3 nitrogen and oxygen atoms in total. The SMILES string of the molecule is CCCOC1CCCN(C2CCC(NCC)C2)C1. The van der Waals surface area contributed by atoms with Crippen molar-refractivity contribution >= 4 is 0 Å². The maximum Gasteiger partial charge on any atom is 0.0702 e. The van der Waals surface area contributed by atoms with Gasteiger partial charge in [0, 0.05) is 25.2 Å². The molecule has 106 valence electrons. The summed E-state index contributed by atoms with van der Waals surface area (Å²) in [4.78, 5) is 2.70. The lowest BCUT2D eigenvalue weighted by atomic mass is 10.0. The Morgan fingerprint density at radius 3 is 2.89 bits per heavy atom. The quantitative estimate of drug-likeness (QED) is 0.788. The summed E-state index contributed by atoms with van der Waals surface area (Å²) in [5, 5.41) is 3.60. The van der Waals surface area contributed by atoms with Gasteiger partial charge in [-0.2, -0.15) is 0 Å². The zero-order valence-corrected chi connectivity index (χ0v) is 12.2. The highest BCUT2D eigenvalue weighted by atomic mass is 16.5. The van der Waals surface area contributed by atoms with Gasteiger partial charge in [0.2, 0.25) is 0 Å². The van der Waals surface area contributed by atoms with Gasteiger partial charge in [0.05, 0.1) is 6.10 Å². The van der Waals surface area contributed by atoms with Gasteiger partial charge in [-0.3, -0.25) is 4.90 Å². The standard InChI is InChI=1S/C15H30N2O/c1-3-10-18-15-6-5-9-17(12-15)14-8-7-13(11-14)16-4-2/h13-16H,3-12H2,1-2H3. The molecule has 3 unspecified atom stereocenters. The van der Waals surface area contributed by atoms with Crippen LogP contribution >= 0.6 is 0 Å². The van der Waals surface area contributed by atoms with Gasteiger partial charge in [-0.05, 0) is 51.6 Å². The Morgan fingerprint density at radius 2 is 2.11 bits per heavy atom. The van der Waals surface area contributed by atoms with Crippen LogP contribution in [0, 0.1) is 0 Å². The number of ether oxygens (including phenoxy) is 1. The summed E-state index contributed by atoms with van der Waals surface area (Å²) in [7, 11) is 0. The van der Waals surface area contributed by atoms with Gasteiger partial charge in [0.15, 0.2) is 0 Å². The smallest absolute Gasteiger partial charge is 0.0702 e. The van der Waals surface area contributed by atoms with Gasteiger partial charge < -0.3 is 10.1 Å². The summed E-state index contributed by atoms with van der Waals surface area (Å²) in [6.07, 6.45) is 8.29. The average Bonchev–Trinajstić information content (AvgIpc) is 2.86. The number of rotatable bonds is 6. The summed E-state index contributed by atoms with van der Waals surface area (Å²) in [5.74, 6) is 0. The van der Waals surface area contributed by atoms with Crippen molar-refractivity contribution in [3.05, 3.63) is 0 Å². The van der Waals surface area contributed by atoms with Crippen LogP contribution in [0.25, 0.3) is 0 Å². The van der Waals surface area contributed by atoms with Crippen LogP contribution in [0.3, 0.4) is 0 Å². The highest BCUT2D eigenvalue weighted by molar-refractivity contribution is 4.89. The largest absolute Gasteiger partial charge is 0.377 e. The molecule has 2 aliphatic rings. The molecular formula is C15H30N2O. The Labute approximate surface area is 112 Å². The fourth-order valence-corrected chi connectivity index (χ4v) is 3.48. The van der Waals surface area contributed by atoms with Gasteiger partial charge in [-0.25, -0.2) is 0 Å². The van der Waals surface area contributed by atoms with Gasteiger partial charge in [-0.15, -0.1) is 0 Å². The zero-order chi connectivity index (χ0) is 12.8. The molecule has 1 heterocycles. The Morgan fingerprint density at radius 1 is 1.22 bits per heavy atom. The fourth-order valence-electron chi connectivity index (χ4n) is 3.48. The molecule has 1 saturated heterocycles. The number of hydrogen-bond donors (Lipinski definition) is 1. The molecule has 0 aromatic carbocycles. The molecule has 3 heteroatoms. The molecule has 0 radical (unpaired) electrons. The normalized spacial score (nSPS) is 34.0. The first-order chi connectivity index (χ1) is 8.83. The third kappa shape index (κ3) is 3.94. The maximum absolute atomic E-state index is 5.94. The van der Waals surface area contributed by atoms with E-state index in [0.717, 1.165) is 31.7 Å². The third-order valence-corrected chi connectivity index (χ3v) is 4.38. The molecule has 2 fully saturated rings. The molecule has 0 amide bonds. The minimum atomic E-state index is 0.497. The van der Waals surface area contributed by atoms with E-state index in [1.165, 1.54) is 45.2 Å². The summed E-state index contributed by atoms with van der Waals surface area (Å²) in [5.41, 5.74) is 0. The lowest BCUT2D eigenvalue weighted by Crippen LogP contribution is -2.45. The van der Waals surface area contributed by atoms with E-state index >= 15 is 0 Å². The van der Waals surface area contributed by atoms with E-state index in [1.807, 2.05) is 0 Å². The molecule has 3 atom stereocenters. The van der Waals surface area contributed by atoms with Crippen LogP contribution in [-0.2, 0) is 4.74 Å². The molecule has 1 saturated carbocycles. The third-order valence-electron chi connectivity index (χ3n) is 4.38. The highest BCUT2D eigenvalue weighted by Crippen LogP contribution is 2.27. The lowest BCUT2D eigenvalue weighted by Gasteiger charge is -2.36. The number of hydrogen-bond acceptors (Lipinski definition) is 3. The molecular weight excluding hydrogens is 224 g/mol. The Balaban J connectivity index is 1.75. The first-order valence-corrected chi connectivity index (χ1v) is 7.92. The average molecular weight is 254 g/mol. The molecule has 0 aromatic rings. The van der Waals surface area contributed by atoms with Crippen LogP contribution in [0.2, 0.25) is 0 Å². The van der Waals surface area contributed by atoms with Gasteiger partial charge in [0.1, 0.15) is 0 Å². The first-order valence-electron chi connectivity index (χ1n) is 7.92. The van der Waals surface area contributed by atoms with Gasteiger partial charge in [0.25, 0.3) is 0 Å². The van der Waals surface area contributed by atoms with Crippen molar-refractivity contribution in [1.29, 1.82) is 0 Å². The van der Waals surface area contributed by atoms with Crippen molar-refractivity contribution in [2.45, 2.75) is 70.6 Å². The van der Waals surface area contributed by atoms with Crippen molar-refractivity contribution < 1.29 is 4.74 Å². The molecule has 2 rings (SSSR count). The monoisotopic (exact) mass is 254 g/mol. The molecule has 0 spiro atoms. The number of nitrogens with zero attached hydrogens (tertiary/aromatic N) is 1. The van der Waals surface area contributed by atoms with E-state index in [0.29, 0.717) is 6.10 Å². The van der Waals surface area contributed by atoms with Crippen LogP contribution in [0.1, 0.15) is 52.4 Å². The van der Waals surface area contributed by atoms with Crippen molar-refractivity contribution in [3.63, 3.8) is 0 Å². The van der Waals surface area contributed by atoms with Crippen molar-refractivity contribution in [2.24, 2.45) is 0 Å². The van der Waals surface area contributed by atoms with Crippen LogP contribution in [-0.4, -0.2) is 49.3 Å². The van der Waals surface area contributed by atoms with Crippen LogP contribution in [0.5, 0.6) is 0 Å². The summed E-state index contributed by atoms with van der Waals surface area (Å²) >= 11 is 0. The van der Waals surface area contributed by atoms with Crippen LogP contribution in [0.4, 0.5) is 0 Å². The maximum atomic E-state index is 5.94. The summed E-state index contributed by atoms with van der Waals surface area (Å²) in [6, 6.07) is 1.57. The number of nitrogens with one attached hydrogen (secondary N) is 1. The molecule has 18 heavy (non-hydrogen) atoms. The van der Waals surface area contributed by atoms with Crippen LogP contribution < -0.4 is 5.32 Å². The van der Waals surface area contributed by atoms with Crippen molar-refractivity contribution in [1.82, 2.24) is 10.2 Å². The van der Waals surface area contributed by atoms with E-state index < -0.39 is 0 Å². The van der Waals surface area contributed by atoms with E-state index in [4.69, 9.17) is 4.74 Å². The van der Waals surface area contributed by atoms with E-state index in [9.17, 15) is 0 Å². The van der Waals surface area contributed by atoms with E-state index in [1.54, 1.807) is 0 Å². The molecule has 1 aliphatic heterocycles. The number of piperidine rings is 1. The second-order valence-corrected chi connectivity index (χ2v) is 5.85. The lowest BCUT2D eigenvalue weighted by molar-refractivity contribution is -0.0119. The van der Waals surface area contributed by atoms with E-state index in [-0.39, 0.29) is 0 Å². The van der Waals surface area contributed by atoms with E-state index in [2.05, 4.69) is 24.1 Å². The molecule has 1 aliphatic carbocycles. The van der Waals surface area contributed by atoms with Gasteiger partial charge in [-0.1, -0.05) is 13.8 Å². The second-order valence-electron chi connectivity index (χ2n) is 5.85. The topological polar surface area (TPSA) is 24.5 Å². The van der Waals surface area contributed by atoms with Crippen molar-refractivity contribution in [2.75, 3.05) is 26.2 Å². The molecule has 0 aromatic heterocycles. The molecule has 1 N–H and O–H groups in total. The number of likely N-dealkylation sites (tertiary alicyclic amines) is 1. The predicted octanol–water partition coefficient (Wildman–Crippen LogP) is 2.41. The summed E-state index contributed by atoms with van der Waals surface area (Å²) in [6.45, 7) is 8.91. The highest BCUT2D eigenvalue weighted by Gasteiger charge is 2.31. The Hall–Kier alpha value is -0.120. The van der Waals surface area contributed by atoms with Crippen molar-refractivity contribution in [3.8, 4) is 0 Å². The molecule has 0 bridgehead atoms. The van der Waals surface area contributed by atoms with Gasteiger partial charge >= 0.3 is 0 Å². The summed E-state index contributed by atoms with van der Waals surface area (Å²) < 4.78 is 5.94. The van der Waals surface area contributed by atoms with Crippen LogP contribution in [0.15, 0.2) is 0 Å². The zero-order valence-electron chi connectivity index (χ0n) is 12.2. The minimum absolute atomic E-state index is 0.497. The second kappa shape index (κ2) is 7.46.